The number of nitrogens with zero attached hydrogens (tertiary/aromatic N) is 3. The molecule has 1 aliphatic rings. The van der Waals surface area contributed by atoms with Crippen molar-refractivity contribution in [1.82, 2.24) is 10.2 Å². The minimum atomic E-state index is -0.900. The Bertz CT molecular complexity index is 1990. The van der Waals surface area contributed by atoms with Gasteiger partial charge < -0.3 is 9.52 Å². The van der Waals surface area contributed by atoms with Gasteiger partial charge in [-0.3, -0.25) is 14.5 Å². The Kier molecular flexibility index (Phi) is 6.60. The molecule has 3 heterocycles. The SMILES string of the molecule is Cc1ccc(C2C(C(=O)c3cc4ccccc4o3)=C(O)C(=O)N2c2nnc(SCc3cccc4ccccc34)s2)cc1. The molecule has 42 heavy (non-hydrogen) atoms. The third kappa shape index (κ3) is 4.56. The predicted molar refractivity (Wildman–Crippen MR) is 165 cm³/mol. The fraction of sp³-hybridized carbons (Fsp3) is 0.0909. The zero-order valence-electron chi connectivity index (χ0n) is 22.4. The predicted octanol–water partition coefficient (Wildman–Crippen LogP) is 7.82. The number of furan rings is 1. The van der Waals surface area contributed by atoms with E-state index in [2.05, 4.69) is 34.5 Å². The summed E-state index contributed by atoms with van der Waals surface area (Å²) in [5.41, 5.74) is 3.35. The maximum absolute atomic E-state index is 13.8. The third-order valence-corrected chi connectivity index (χ3v) is 9.43. The van der Waals surface area contributed by atoms with E-state index < -0.39 is 23.5 Å². The highest BCUT2D eigenvalue weighted by Crippen LogP contribution is 2.44. The number of benzene rings is 4. The Hall–Kier alpha value is -4.73. The summed E-state index contributed by atoms with van der Waals surface area (Å²) in [6, 6.07) is 29.9. The number of hydrogen-bond acceptors (Lipinski definition) is 8. The molecule has 0 radical (unpaired) electrons. The lowest BCUT2D eigenvalue weighted by Crippen LogP contribution is -2.31. The lowest BCUT2D eigenvalue weighted by Gasteiger charge is -2.23. The van der Waals surface area contributed by atoms with Gasteiger partial charge in [0.25, 0.3) is 5.91 Å². The van der Waals surface area contributed by atoms with Gasteiger partial charge in [0.05, 0.1) is 11.6 Å². The molecule has 1 atom stereocenters. The van der Waals surface area contributed by atoms with Gasteiger partial charge in [0.2, 0.25) is 10.9 Å². The average Bonchev–Trinajstić information content (AvgIpc) is 3.73. The molecule has 1 N–H and O–H groups in total. The highest BCUT2D eigenvalue weighted by molar-refractivity contribution is 8.00. The number of carbonyl (C=O) groups is 2. The number of rotatable bonds is 7. The third-order valence-electron chi connectivity index (χ3n) is 7.33. The van der Waals surface area contributed by atoms with E-state index in [1.54, 1.807) is 12.1 Å². The molecule has 1 aliphatic heterocycles. The average molecular weight is 590 g/mol. The second-order valence-corrected chi connectivity index (χ2v) is 12.2. The number of hydrogen-bond donors (Lipinski definition) is 1. The van der Waals surface area contributed by atoms with E-state index in [9.17, 15) is 14.7 Å². The minimum Gasteiger partial charge on any atom is -0.503 e. The number of amides is 1. The molecule has 0 fully saturated rings. The second-order valence-electron chi connectivity index (χ2n) is 10.0. The highest BCUT2D eigenvalue weighted by atomic mass is 32.2. The first kappa shape index (κ1) is 26.2. The molecule has 2 aromatic heterocycles. The highest BCUT2D eigenvalue weighted by Gasteiger charge is 2.46. The van der Waals surface area contributed by atoms with E-state index in [0.717, 1.165) is 10.9 Å². The number of Topliss-reactive ketones (excluding diaryl/α,β-unsaturated/α-hetero) is 1. The molecule has 1 unspecified atom stereocenters. The quantitative estimate of drug-likeness (QED) is 0.115. The molecule has 4 aromatic carbocycles. The Morgan fingerprint density at radius 3 is 2.50 bits per heavy atom. The molecule has 7 rings (SSSR count). The van der Waals surface area contributed by atoms with E-state index in [1.165, 1.54) is 44.3 Å². The van der Waals surface area contributed by atoms with Crippen LogP contribution in [0.3, 0.4) is 0 Å². The summed E-state index contributed by atoms with van der Waals surface area (Å²) in [6.07, 6.45) is 0. The van der Waals surface area contributed by atoms with Crippen LogP contribution in [-0.4, -0.2) is 27.0 Å². The normalized spacial score (nSPS) is 15.3. The maximum atomic E-state index is 13.8. The zero-order chi connectivity index (χ0) is 28.8. The Labute approximate surface area is 249 Å². The first-order chi connectivity index (χ1) is 20.5. The van der Waals surface area contributed by atoms with Crippen LogP contribution in [0, 0.1) is 6.92 Å². The van der Waals surface area contributed by atoms with Gasteiger partial charge in [-0.1, -0.05) is 114 Å². The van der Waals surface area contributed by atoms with Crippen molar-refractivity contribution in [2.45, 2.75) is 23.1 Å². The van der Waals surface area contributed by atoms with Gasteiger partial charge in [-0.2, -0.15) is 0 Å². The largest absolute Gasteiger partial charge is 0.503 e. The summed E-state index contributed by atoms with van der Waals surface area (Å²) in [7, 11) is 0. The molecule has 9 heteroatoms. The van der Waals surface area contributed by atoms with E-state index >= 15 is 0 Å². The van der Waals surface area contributed by atoms with Crippen molar-refractivity contribution >= 4 is 61.7 Å². The van der Waals surface area contributed by atoms with Crippen LogP contribution >= 0.6 is 23.1 Å². The topological polar surface area (TPSA) is 96.5 Å². The van der Waals surface area contributed by atoms with Crippen molar-refractivity contribution < 1.29 is 19.1 Å². The van der Waals surface area contributed by atoms with Crippen molar-refractivity contribution in [2.24, 2.45) is 0 Å². The van der Waals surface area contributed by atoms with Gasteiger partial charge in [-0.15, -0.1) is 10.2 Å². The van der Waals surface area contributed by atoms with Gasteiger partial charge >= 0.3 is 0 Å². The van der Waals surface area contributed by atoms with Crippen molar-refractivity contribution in [3.8, 4) is 0 Å². The fourth-order valence-corrected chi connectivity index (χ4v) is 7.11. The van der Waals surface area contributed by atoms with Crippen LogP contribution in [0.15, 0.2) is 117 Å². The molecule has 0 bridgehead atoms. The Morgan fingerprint density at radius 2 is 1.69 bits per heavy atom. The number of ketones is 1. The van der Waals surface area contributed by atoms with Gasteiger partial charge in [0, 0.05) is 11.1 Å². The van der Waals surface area contributed by atoms with Crippen LogP contribution in [0.5, 0.6) is 0 Å². The summed E-state index contributed by atoms with van der Waals surface area (Å²) in [5.74, 6) is -1.16. The van der Waals surface area contributed by atoms with Gasteiger partial charge in [0.1, 0.15) is 5.58 Å². The van der Waals surface area contributed by atoms with Crippen molar-refractivity contribution in [2.75, 3.05) is 4.90 Å². The van der Waals surface area contributed by atoms with Crippen molar-refractivity contribution in [3.63, 3.8) is 0 Å². The number of carbonyl (C=O) groups excluding carboxylic acids is 2. The summed E-state index contributed by atoms with van der Waals surface area (Å²) < 4.78 is 6.50. The number of aliphatic hydroxyl groups excluding tert-OH is 1. The maximum Gasteiger partial charge on any atom is 0.296 e. The molecule has 7 nitrogen and oxygen atoms in total. The molecular weight excluding hydrogens is 567 g/mol. The molecule has 0 aliphatic carbocycles. The summed E-state index contributed by atoms with van der Waals surface area (Å²) >= 11 is 2.77. The van der Waals surface area contributed by atoms with E-state index in [1.807, 2.05) is 67.6 Å². The summed E-state index contributed by atoms with van der Waals surface area (Å²) in [4.78, 5) is 28.8. The number of para-hydroxylation sites is 1. The fourth-order valence-electron chi connectivity index (χ4n) is 5.24. The number of anilines is 1. The number of thioether (sulfide) groups is 1. The molecule has 206 valence electrons. The van der Waals surface area contributed by atoms with E-state index in [0.29, 0.717) is 26.4 Å². The van der Waals surface area contributed by atoms with Crippen molar-refractivity contribution in [3.05, 3.63) is 131 Å². The first-order valence-corrected chi connectivity index (χ1v) is 15.1. The minimum absolute atomic E-state index is 0.0492. The molecule has 0 saturated heterocycles. The van der Waals surface area contributed by atoms with E-state index in [4.69, 9.17) is 4.42 Å². The number of aliphatic hydroxyl groups is 1. The molecule has 6 aromatic rings. The lowest BCUT2D eigenvalue weighted by molar-refractivity contribution is -0.117. The molecule has 1 amide bonds. The van der Waals surface area contributed by atoms with Crippen LogP contribution in [0.4, 0.5) is 5.13 Å². The summed E-state index contributed by atoms with van der Waals surface area (Å²) in [5, 5.41) is 23.2. The first-order valence-electron chi connectivity index (χ1n) is 13.3. The van der Waals surface area contributed by atoms with Gasteiger partial charge in [-0.05, 0) is 41.0 Å². The zero-order valence-corrected chi connectivity index (χ0v) is 24.0. The standard InChI is InChI=1S/C33H23N3O4S2/c1-19-13-15-21(16-14-19)28-27(29(37)26-17-22-8-3-5-12-25(22)40-26)30(38)31(39)36(28)32-34-35-33(42-32)41-18-23-10-6-9-20-7-2-4-11-24(20)23/h2-17,28,38H,18H2,1H3. The van der Waals surface area contributed by atoms with Crippen LogP contribution in [-0.2, 0) is 10.5 Å². The monoisotopic (exact) mass is 589 g/mol. The number of fused-ring (bicyclic) bond motifs is 2. The van der Waals surface area contributed by atoms with Gasteiger partial charge in [-0.25, -0.2) is 0 Å². The second kappa shape index (κ2) is 10.6. The molecular formula is C33H23N3O4S2. The van der Waals surface area contributed by atoms with Gasteiger partial charge in [0.15, 0.2) is 15.9 Å². The van der Waals surface area contributed by atoms with Crippen molar-refractivity contribution in [1.29, 1.82) is 0 Å². The molecule has 0 saturated carbocycles. The Morgan fingerprint density at radius 1 is 0.952 bits per heavy atom. The number of aryl methyl sites for hydroxylation is 1. The van der Waals surface area contributed by atoms with Crippen LogP contribution in [0.25, 0.3) is 21.7 Å². The van der Waals surface area contributed by atoms with Crippen LogP contribution in [0.1, 0.15) is 33.3 Å². The smallest absolute Gasteiger partial charge is 0.296 e. The van der Waals surface area contributed by atoms with Crippen LogP contribution in [0.2, 0.25) is 0 Å². The van der Waals surface area contributed by atoms with Crippen LogP contribution < -0.4 is 4.90 Å². The lowest BCUT2D eigenvalue weighted by atomic mass is 9.94. The van der Waals surface area contributed by atoms with E-state index in [-0.39, 0.29) is 11.3 Å². The summed E-state index contributed by atoms with van der Waals surface area (Å²) in [6.45, 7) is 1.96. The molecule has 0 spiro atoms. The number of aromatic nitrogens is 2. The Balaban J connectivity index is 1.23.